The lowest BCUT2D eigenvalue weighted by Crippen LogP contribution is -2.13. The molecule has 0 fully saturated rings. The highest BCUT2D eigenvalue weighted by atomic mass is 19.4. The maximum absolute atomic E-state index is 12.2. The number of ketones is 1. The van der Waals surface area contributed by atoms with Gasteiger partial charge >= 0.3 is 12.4 Å². The second-order valence-electron chi connectivity index (χ2n) is 3.47. The SMILES string of the molecule is O=C(/C=C(/O)C(F)(F)F)c1ccc(C(F)(F)F)cc1. The van der Waals surface area contributed by atoms with Crippen LogP contribution in [0.3, 0.4) is 0 Å². The minimum absolute atomic E-state index is 0.0946. The van der Waals surface area contributed by atoms with E-state index in [1.165, 1.54) is 0 Å². The van der Waals surface area contributed by atoms with Gasteiger partial charge in [0.2, 0.25) is 5.76 Å². The third-order valence-electron chi connectivity index (χ3n) is 2.05. The zero-order chi connectivity index (χ0) is 14.8. The van der Waals surface area contributed by atoms with Crippen molar-refractivity contribution in [3.8, 4) is 0 Å². The first kappa shape index (κ1) is 15.1. The molecule has 0 saturated carbocycles. The number of rotatable bonds is 2. The fraction of sp³-hybridized carbons (Fsp3) is 0.182. The van der Waals surface area contributed by atoms with Crippen LogP contribution >= 0.6 is 0 Å². The third kappa shape index (κ3) is 4.01. The minimum atomic E-state index is -5.08. The Morgan fingerprint density at radius 3 is 1.84 bits per heavy atom. The van der Waals surface area contributed by atoms with Gasteiger partial charge in [-0.05, 0) is 12.1 Å². The zero-order valence-corrected chi connectivity index (χ0v) is 9.01. The van der Waals surface area contributed by atoms with Crippen molar-refractivity contribution in [1.29, 1.82) is 0 Å². The second kappa shape index (κ2) is 4.94. The Kier molecular flexibility index (Phi) is 3.92. The van der Waals surface area contributed by atoms with Crippen molar-refractivity contribution in [3.05, 3.63) is 47.2 Å². The first-order valence-electron chi connectivity index (χ1n) is 4.71. The number of carbonyl (C=O) groups excluding carboxylic acids is 1. The fourth-order valence-electron chi connectivity index (χ4n) is 1.11. The number of hydrogen-bond donors (Lipinski definition) is 1. The Hall–Kier alpha value is -1.99. The summed E-state index contributed by atoms with van der Waals surface area (Å²) in [5.41, 5.74) is -1.43. The maximum atomic E-state index is 12.2. The Morgan fingerprint density at radius 1 is 1.00 bits per heavy atom. The van der Waals surface area contributed by atoms with Crippen molar-refractivity contribution >= 4 is 5.78 Å². The first-order valence-corrected chi connectivity index (χ1v) is 4.71. The number of benzene rings is 1. The fourth-order valence-corrected chi connectivity index (χ4v) is 1.11. The molecule has 8 heteroatoms. The minimum Gasteiger partial charge on any atom is -0.504 e. The van der Waals surface area contributed by atoms with Gasteiger partial charge in [0.05, 0.1) is 5.56 Å². The summed E-state index contributed by atoms with van der Waals surface area (Å²) < 4.78 is 72.4. The molecule has 0 aliphatic rings. The summed E-state index contributed by atoms with van der Waals surface area (Å²) in [6, 6.07) is 2.58. The smallest absolute Gasteiger partial charge is 0.448 e. The highest BCUT2D eigenvalue weighted by Crippen LogP contribution is 2.29. The molecule has 0 bridgehead atoms. The molecule has 1 N–H and O–H groups in total. The van der Waals surface area contributed by atoms with Crippen LogP contribution in [0, 0.1) is 0 Å². The molecule has 1 aromatic rings. The van der Waals surface area contributed by atoms with Gasteiger partial charge in [-0.2, -0.15) is 26.3 Å². The second-order valence-corrected chi connectivity index (χ2v) is 3.47. The van der Waals surface area contributed by atoms with Crippen LogP contribution < -0.4 is 0 Å². The van der Waals surface area contributed by atoms with Gasteiger partial charge in [0.25, 0.3) is 0 Å². The first-order chi connectivity index (χ1) is 8.51. The van der Waals surface area contributed by atoms with Crippen molar-refractivity contribution in [3.63, 3.8) is 0 Å². The van der Waals surface area contributed by atoms with Crippen LogP contribution in [-0.2, 0) is 6.18 Å². The highest BCUT2D eigenvalue weighted by Gasteiger charge is 2.34. The maximum Gasteiger partial charge on any atom is 0.448 e. The van der Waals surface area contributed by atoms with Crippen LogP contribution in [0.15, 0.2) is 36.1 Å². The van der Waals surface area contributed by atoms with Crippen molar-refractivity contribution in [2.45, 2.75) is 12.4 Å². The molecule has 0 radical (unpaired) electrons. The number of aliphatic hydroxyl groups excluding tert-OH is 1. The molecule has 0 spiro atoms. The summed E-state index contributed by atoms with van der Waals surface area (Å²) in [5, 5.41) is 8.54. The summed E-state index contributed by atoms with van der Waals surface area (Å²) in [6.45, 7) is 0. The monoisotopic (exact) mass is 284 g/mol. The topological polar surface area (TPSA) is 37.3 Å². The largest absolute Gasteiger partial charge is 0.504 e. The lowest BCUT2D eigenvalue weighted by molar-refractivity contribution is -0.137. The summed E-state index contributed by atoms with van der Waals surface area (Å²) in [6.07, 6.45) is -9.78. The van der Waals surface area contributed by atoms with E-state index in [2.05, 4.69) is 0 Å². The Balaban J connectivity index is 2.97. The van der Waals surface area contributed by atoms with E-state index in [-0.39, 0.29) is 6.08 Å². The molecule has 2 nitrogen and oxygen atoms in total. The number of allylic oxidation sites excluding steroid dienone is 2. The quantitative estimate of drug-likeness (QED) is 0.387. The van der Waals surface area contributed by atoms with Crippen LogP contribution in [0.5, 0.6) is 0 Å². The van der Waals surface area contributed by atoms with Gasteiger partial charge in [-0.1, -0.05) is 12.1 Å². The molecule has 0 saturated heterocycles. The molecule has 19 heavy (non-hydrogen) atoms. The molecule has 0 atom stereocenters. The molecule has 0 amide bonds. The molecule has 0 unspecified atom stereocenters. The van der Waals surface area contributed by atoms with Crippen LogP contribution in [0.1, 0.15) is 15.9 Å². The van der Waals surface area contributed by atoms with Crippen molar-refractivity contribution < 1.29 is 36.2 Å². The normalized spacial score (nSPS) is 13.5. The van der Waals surface area contributed by atoms with E-state index >= 15 is 0 Å². The zero-order valence-electron chi connectivity index (χ0n) is 9.01. The van der Waals surface area contributed by atoms with Crippen molar-refractivity contribution in [2.75, 3.05) is 0 Å². The van der Waals surface area contributed by atoms with Gasteiger partial charge in [-0.3, -0.25) is 4.79 Å². The molecule has 0 aromatic heterocycles. The number of carbonyl (C=O) groups is 1. The molecule has 0 aliphatic carbocycles. The van der Waals surface area contributed by atoms with E-state index in [0.29, 0.717) is 12.1 Å². The predicted molar refractivity (Wildman–Crippen MR) is 52.5 cm³/mol. The number of alkyl halides is 6. The Labute approximate surface area is 103 Å². The number of aliphatic hydroxyl groups is 1. The van der Waals surface area contributed by atoms with Crippen molar-refractivity contribution in [1.82, 2.24) is 0 Å². The lowest BCUT2D eigenvalue weighted by atomic mass is 10.1. The summed E-state index contributed by atoms with van der Waals surface area (Å²) in [4.78, 5) is 11.2. The molecular formula is C11H6F6O2. The van der Waals surface area contributed by atoms with Crippen LogP contribution in [-0.4, -0.2) is 17.1 Å². The predicted octanol–water partition coefficient (Wildman–Crippen LogP) is 3.89. The molecule has 104 valence electrons. The Bertz CT molecular complexity index is 495. The molecule has 0 aliphatic heterocycles. The number of halogens is 6. The van der Waals surface area contributed by atoms with Gasteiger partial charge in [0, 0.05) is 11.6 Å². The van der Waals surface area contributed by atoms with Crippen LogP contribution in [0.4, 0.5) is 26.3 Å². The third-order valence-corrected chi connectivity index (χ3v) is 2.05. The molecule has 0 heterocycles. The number of hydrogen-bond acceptors (Lipinski definition) is 2. The van der Waals surface area contributed by atoms with Gasteiger partial charge in [0.1, 0.15) is 0 Å². The Morgan fingerprint density at radius 2 is 1.47 bits per heavy atom. The van der Waals surface area contributed by atoms with Gasteiger partial charge in [0.15, 0.2) is 5.78 Å². The van der Waals surface area contributed by atoms with E-state index in [1.54, 1.807) is 0 Å². The van der Waals surface area contributed by atoms with E-state index in [9.17, 15) is 31.1 Å². The standard InChI is InChI=1S/C11H6F6O2/c12-10(13,14)7-3-1-6(2-4-7)8(18)5-9(19)11(15,16)17/h1-5,19H/b9-5+. The van der Waals surface area contributed by atoms with Gasteiger partial charge in [-0.15, -0.1) is 0 Å². The lowest BCUT2D eigenvalue weighted by Gasteiger charge is -2.07. The summed E-state index contributed by atoms with van der Waals surface area (Å²) in [7, 11) is 0. The van der Waals surface area contributed by atoms with Crippen molar-refractivity contribution in [2.24, 2.45) is 0 Å². The highest BCUT2D eigenvalue weighted by molar-refractivity contribution is 6.04. The van der Waals surface area contributed by atoms with E-state index in [0.717, 1.165) is 12.1 Å². The van der Waals surface area contributed by atoms with Crippen LogP contribution in [0.25, 0.3) is 0 Å². The average molecular weight is 284 g/mol. The molecular weight excluding hydrogens is 278 g/mol. The average Bonchev–Trinajstić information content (AvgIpc) is 2.26. The summed E-state index contributed by atoms with van der Waals surface area (Å²) in [5.74, 6) is -3.36. The van der Waals surface area contributed by atoms with E-state index in [4.69, 9.17) is 5.11 Å². The van der Waals surface area contributed by atoms with E-state index < -0.39 is 35.0 Å². The molecule has 1 aromatic carbocycles. The van der Waals surface area contributed by atoms with Gasteiger partial charge < -0.3 is 5.11 Å². The van der Waals surface area contributed by atoms with Gasteiger partial charge in [-0.25, -0.2) is 0 Å². The summed E-state index contributed by atoms with van der Waals surface area (Å²) >= 11 is 0. The van der Waals surface area contributed by atoms with Crippen LogP contribution in [0.2, 0.25) is 0 Å². The van der Waals surface area contributed by atoms with E-state index in [1.807, 2.05) is 0 Å². The molecule has 1 rings (SSSR count).